The van der Waals surface area contributed by atoms with E-state index in [9.17, 15) is 4.79 Å². The van der Waals surface area contributed by atoms with Crippen molar-refractivity contribution in [1.82, 2.24) is 23.8 Å². The largest absolute Gasteiger partial charge is 0.354 e. The Morgan fingerprint density at radius 3 is 2.65 bits per heavy atom. The molecule has 8 heteroatoms. The van der Waals surface area contributed by atoms with E-state index in [2.05, 4.69) is 24.1 Å². The lowest BCUT2D eigenvalue weighted by atomic mass is 10.0. The van der Waals surface area contributed by atoms with E-state index in [4.69, 9.17) is 0 Å². The molecule has 1 amide bonds. The third-order valence-corrected chi connectivity index (χ3v) is 5.23. The van der Waals surface area contributed by atoms with Crippen molar-refractivity contribution in [2.75, 3.05) is 18.0 Å². The quantitative estimate of drug-likeness (QED) is 0.765. The second-order valence-electron chi connectivity index (χ2n) is 6.39. The van der Waals surface area contributed by atoms with Crippen LogP contribution in [0.25, 0.3) is 5.69 Å². The summed E-state index contributed by atoms with van der Waals surface area (Å²) in [6.45, 7) is 3.67. The summed E-state index contributed by atoms with van der Waals surface area (Å²) in [5, 5.41) is 7.53. The number of hydrogen-bond acceptors (Lipinski definition) is 6. The molecule has 0 aliphatic carbocycles. The Kier molecular flexibility index (Phi) is 4.66. The Balaban J connectivity index is 1.39. The highest BCUT2D eigenvalue weighted by Gasteiger charge is 2.24. The van der Waals surface area contributed by atoms with E-state index in [1.54, 1.807) is 17.1 Å². The zero-order chi connectivity index (χ0) is 17.9. The van der Waals surface area contributed by atoms with Gasteiger partial charge in [-0.25, -0.2) is 4.68 Å². The van der Waals surface area contributed by atoms with Crippen molar-refractivity contribution in [3.05, 3.63) is 54.0 Å². The number of amides is 1. The molecule has 1 N–H and O–H groups in total. The molecular formula is C18H20N6OS. The van der Waals surface area contributed by atoms with Gasteiger partial charge in [-0.15, -0.1) is 0 Å². The van der Waals surface area contributed by atoms with Crippen LogP contribution in [-0.2, 0) is 0 Å². The normalized spacial score (nSPS) is 15.2. The fourth-order valence-corrected chi connectivity index (χ4v) is 3.71. The Morgan fingerprint density at radius 1 is 1.19 bits per heavy atom. The second kappa shape index (κ2) is 7.25. The SMILES string of the molecule is Cc1c(C(=O)NC2CCN(c3cnsn3)CC2)cnn1-c1ccccc1. The zero-order valence-corrected chi connectivity index (χ0v) is 15.3. The molecule has 0 radical (unpaired) electrons. The monoisotopic (exact) mass is 368 g/mol. The topological polar surface area (TPSA) is 75.9 Å². The van der Waals surface area contributed by atoms with Crippen LogP contribution in [0.5, 0.6) is 0 Å². The van der Waals surface area contributed by atoms with Crippen molar-refractivity contribution in [2.24, 2.45) is 0 Å². The van der Waals surface area contributed by atoms with Crippen molar-refractivity contribution < 1.29 is 4.79 Å². The number of rotatable bonds is 4. The lowest BCUT2D eigenvalue weighted by molar-refractivity contribution is 0.0930. The van der Waals surface area contributed by atoms with E-state index in [-0.39, 0.29) is 11.9 Å². The first-order valence-electron chi connectivity index (χ1n) is 8.66. The second-order valence-corrected chi connectivity index (χ2v) is 6.95. The molecule has 0 spiro atoms. The molecule has 3 aromatic rings. The molecule has 0 saturated carbocycles. The smallest absolute Gasteiger partial charge is 0.254 e. The van der Waals surface area contributed by atoms with Crippen LogP contribution in [0.1, 0.15) is 28.9 Å². The number of anilines is 1. The van der Waals surface area contributed by atoms with E-state index in [1.165, 1.54) is 11.7 Å². The fourth-order valence-electron chi connectivity index (χ4n) is 3.28. The van der Waals surface area contributed by atoms with E-state index in [0.717, 1.165) is 43.1 Å². The molecule has 7 nitrogen and oxygen atoms in total. The maximum Gasteiger partial charge on any atom is 0.254 e. The number of nitrogens with zero attached hydrogens (tertiary/aromatic N) is 5. The van der Waals surface area contributed by atoms with Crippen molar-refractivity contribution in [1.29, 1.82) is 0 Å². The first-order chi connectivity index (χ1) is 12.7. The summed E-state index contributed by atoms with van der Waals surface area (Å²) < 4.78 is 10.1. The summed E-state index contributed by atoms with van der Waals surface area (Å²) in [5.74, 6) is 0.873. The third kappa shape index (κ3) is 3.32. The summed E-state index contributed by atoms with van der Waals surface area (Å²) in [6, 6.07) is 10.0. The Hall–Kier alpha value is -2.74. The van der Waals surface area contributed by atoms with E-state index in [0.29, 0.717) is 5.56 Å². The van der Waals surface area contributed by atoms with Gasteiger partial charge in [0.1, 0.15) is 0 Å². The maximum atomic E-state index is 12.7. The summed E-state index contributed by atoms with van der Waals surface area (Å²) in [6.07, 6.45) is 5.24. The van der Waals surface area contributed by atoms with Crippen LogP contribution >= 0.6 is 11.7 Å². The van der Waals surface area contributed by atoms with Crippen LogP contribution in [0.15, 0.2) is 42.7 Å². The van der Waals surface area contributed by atoms with Gasteiger partial charge < -0.3 is 10.2 Å². The number of aromatic nitrogens is 4. The molecule has 0 bridgehead atoms. The minimum atomic E-state index is -0.0570. The van der Waals surface area contributed by atoms with Crippen molar-refractivity contribution in [3.8, 4) is 5.69 Å². The molecule has 3 heterocycles. The fraction of sp³-hybridized carbons (Fsp3) is 0.333. The van der Waals surface area contributed by atoms with Gasteiger partial charge in [0.2, 0.25) is 0 Å². The summed E-state index contributed by atoms with van der Waals surface area (Å²) in [7, 11) is 0. The van der Waals surface area contributed by atoms with Gasteiger partial charge in [-0.3, -0.25) is 4.79 Å². The van der Waals surface area contributed by atoms with E-state index < -0.39 is 0 Å². The minimum Gasteiger partial charge on any atom is -0.354 e. The molecule has 4 rings (SSSR count). The zero-order valence-electron chi connectivity index (χ0n) is 14.5. The van der Waals surface area contributed by atoms with Crippen LogP contribution in [0.3, 0.4) is 0 Å². The van der Waals surface area contributed by atoms with Crippen LogP contribution < -0.4 is 10.2 Å². The van der Waals surface area contributed by atoms with Gasteiger partial charge in [-0.1, -0.05) is 18.2 Å². The lowest BCUT2D eigenvalue weighted by Crippen LogP contribution is -2.44. The predicted octanol–water partition coefficient (Wildman–Crippen LogP) is 2.43. The molecule has 134 valence electrons. The van der Waals surface area contributed by atoms with Crippen LogP contribution in [0.4, 0.5) is 5.82 Å². The van der Waals surface area contributed by atoms with Gasteiger partial charge in [-0.05, 0) is 31.9 Å². The standard InChI is InChI=1S/C18H20N6OS/c1-13-16(11-19-24(13)15-5-3-2-4-6-15)18(25)21-14-7-9-23(10-8-14)17-12-20-26-22-17/h2-6,11-12,14H,7-10H2,1H3,(H,21,25). The molecule has 0 atom stereocenters. The number of para-hydroxylation sites is 1. The number of nitrogens with one attached hydrogen (secondary N) is 1. The van der Waals surface area contributed by atoms with Crippen LogP contribution in [0, 0.1) is 6.92 Å². The highest BCUT2D eigenvalue weighted by atomic mass is 32.1. The molecule has 1 aliphatic rings. The number of piperidine rings is 1. The van der Waals surface area contributed by atoms with Gasteiger partial charge >= 0.3 is 0 Å². The van der Waals surface area contributed by atoms with E-state index in [1.807, 2.05) is 37.3 Å². The number of carbonyl (C=O) groups is 1. The highest BCUT2D eigenvalue weighted by molar-refractivity contribution is 6.99. The molecule has 1 aromatic carbocycles. The van der Waals surface area contributed by atoms with Crippen molar-refractivity contribution in [2.45, 2.75) is 25.8 Å². The van der Waals surface area contributed by atoms with Gasteiger partial charge in [0.15, 0.2) is 5.82 Å². The van der Waals surface area contributed by atoms with Crippen LogP contribution in [0.2, 0.25) is 0 Å². The lowest BCUT2D eigenvalue weighted by Gasteiger charge is -2.32. The van der Waals surface area contributed by atoms with Gasteiger partial charge in [0.05, 0.1) is 41.1 Å². The van der Waals surface area contributed by atoms with Gasteiger partial charge in [-0.2, -0.15) is 13.8 Å². The van der Waals surface area contributed by atoms with Crippen molar-refractivity contribution in [3.63, 3.8) is 0 Å². The Morgan fingerprint density at radius 2 is 1.96 bits per heavy atom. The molecule has 2 aromatic heterocycles. The van der Waals surface area contributed by atoms with Gasteiger partial charge in [0, 0.05) is 19.1 Å². The maximum absolute atomic E-state index is 12.7. The first kappa shape index (κ1) is 16.7. The van der Waals surface area contributed by atoms with E-state index >= 15 is 0 Å². The molecule has 1 fully saturated rings. The molecular weight excluding hydrogens is 348 g/mol. The van der Waals surface area contributed by atoms with Gasteiger partial charge in [0.25, 0.3) is 5.91 Å². The molecule has 1 aliphatic heterocycles. The Bertz CT molecular complexity index is 868. The molecule has 26 heavy (non-hydrogen) atoms. The molecule has 1 saturated heterocycles. The Labute approximate surface area is 156 Å². The third-order valence-electron chi connectivity index (χ3n) is 4.76. The minimum absolute atomic E-state index is 0.0570. The summed E-state index contributed by atoms with van der Waals surface area (Å²) in [4.78, 5) is 14.9. The van der Waals surface area contributed by atoms with Crippen LogP contribution in [-0.4, -0.2) is 43.6 Å². The first-order valence-corrected chi connectivity index (χ1v) is 9.39. The highest BCUT2D eigenvalue weighted by Crippen LogP contribution is 2.19. The predicted molar refractivity (Wildman–Crippen MR) is 101 cm³/mol. The molecule has 0 unspecified atom stereocenters. The number of hydrogen-bond donors (Lipinski definition) is 1. The summed E-state index contributed by atoms with van der Waals surface area (Å²) in [5.41, 5.74) is 2.42. The average molecular weight is 368 g/mol. The summed E-state index contributed by atoms with van der Waals surface area (Å²) >= 11 is 1.22. The average Bonchev–Trinajstić information content (AvgIpc) is 3.33. The number of carbonyl (C=O) groups excluding carboxylic acids is 1. The van der Waals surface area contributed by atoms with Crippen molar-refractivity contribution >= 4 is 23.5 Å². The number of benzene rings is 1.